The Balaban J connectivity index is 1.46. The molecule has 0 aromatic carbocycles. The van der Waals surface area contributed by atoms with Gasteiger partial charge < -0.3 is 4.74 Å². The molecule has 4 saturated carbocycles. The van der Waals surface area contributed by atoms with Gasteiger partial charge in [-0.3, -0.25) is 9.78 Å². The van der Waals surface area contributed by atoms with Crippen LogP contribution in [0.25, 0.3) is 0 Å². The summed E-state index contributed by atoms with van der Waals surface area (Å²) in [6.45, 7) is 0.220. The van der Waals surface area contributed by atoms with Gasteiger partial charge in [0.1, 0.15) is 12.4 Å². The molecule has 0 saturated heterocycles. The summed E-state index contributed by atoms with van der Waals surface area (Å²) in [5.74, 6) is 3.46. The van der Waals surface area contributed by atoms with E-state index >= 15 is 0 Å². The summed E-state index contributed by atoms with van der Waals surface area (Å²) in [5, 5.41) is 0. The van der Waals surface area contributed by atoms with E-state index < -0.39 is 0 Å². The lowest BCUT2D eigenvalue weighted by atomic mass is 9.48. The SMILES string of the molecule is O=C(COc1cccnc1)C12CC3CC(CC(C3)C1)C2. The van der Waals surface area contributed by atoms with Gasteiger partial charge in [0.2, 0.25) is 0 Å². The van der Waals surface area contributed by atoms with Crippen molar-refractivity contribution in [1.29, 1.82) is 0 Å². The molecule has 0 aliphatic heterocycles. The Labute approximate surface area is 119 Å². The molecule has 3 nitrogen and oxygen atoms in total. The molecule has 1 aromatic rings. The molecule has 0 radical (unpaired) electrons. The molecule has 1 heterocycles. The van der Waals surface area contributed by atoms with Crippen molar-refractivity contribution in [3.8, 4) is 5.75 Å². The highest BCUT2D eigenvalue weighted by atomic mass is 16.5. The van der Waals surface area contributed by atoms with Crippen LogP contribution in [0.4, 0.5) is 0 Å². The van der Waals surface area contributed by atoms with Gasteiger partial charge in [0.05, 0.1) is 6.20 Å². The second-order valence-electron chi connectivity index (χ2n) is 7.10. The fraction of sp³-hybridized carbons (Fsp3) is 0.647. The van der Waals surface area contributed by atoms with Gasteiger partial charge in [0, 0.05) is 11.6 Å². The van der Waals surface area contributed by atoms with Gasteiger partial charge in [0.15, 0.2) is 5.78 Å². The van der Waals surface area contributed by atoms with Gasteiger partial charge >= 0.3 is 0 Å². The van der Waals surface area contributed by atoms with Gasteiger partial charge in [-0.25, -0.2) is 0 Å². The molecule has 0 spiro atoms. The summed E-state index contributed by atoms with van der Waals surface area (Å²) in [7, 11) is 0. The molecule has 4 fully saturated rings. The predicted molar refractivity (Wildman–Crippen MR) is 75.3 cm³/mol. The van der Waals surface area contributed by atoms with Crippen molar-refractivity contribution in [3.63, 3.8) is 0 Å². The monoisotopic (exact) mass is 271 g/mol. The number of Topliss-reactive ketones (excluding diaryl/α,β-unsaturated/α-hetero) is 1. The fourth-order valence-electron chi connectivity index (χ4n) is 5.19. The van der Waals surface area contributed by atoms with Crippen LogP contribution < -0.4 is 4.74 Å². The highest BCUT2D eigenvalue weighted by Crippen LogP contribution is 2.60. The minimum atomic E-state index is -0.0447. The molecular weight excluding hydrogens is 250 g/mol. The first kappa shape index (κ1) is 12.4. The van der Waals surface area contributed by atoms with E-state index in [2.05, 4.69) is 4.98 Å². The van der Waals surface area contributed by atoms with Crippen molar-refractivity contribution in [3.05, 3.63) is 24.5 Å². The lowest BCUT2D eigenvalue weighted by molar-refractivity contribution is -0.145. The third kappa shape index (κ3) is 2.04. The highest BCUT2D eigenvalue weighted by Gasteiger charge is 2.54. The Morgan fingerprint density at radius 2 is 1.85 bits per heavy atom. The Morgan fingerprint density at radius 1 is 1.20 bits per heavy atom. The zero-order valence-corrected chi connectivity index (χ0v) is 11.8. The first-order chi connectivity index (χ1) is 9.73. The van der Waals surface area contributed by atoms with Crippen molar-refractivity contribution in [2.24, 2.45) is 23.2 Å². The molecule has 3 heteroatoms. The molecule has 20 heavy (non-hydrogen) atoms. The standard InChI is InChI=1S/C17H21NO2/c19-16(11-20-15-2-1-3-18-10-15)17-7-12-4-13(8-17)6-14(5-12)9-17/h1-3,10,12-14H,4-9,11H2. The number of carbonyl (C=O) groups is 1. The third-order valence-corrected chi connectivity index (χ3v) is 5.63. The Kier molecular flexibility index (Phi) is 2.83. The molecule has 106 valence electrons. The predicted octanol–water partition coefficient (Wildman–Crippen LogP) is 3.25. The van der Waals surface area contributed by atoms with Crippen LogP contribution in [0, 0.1) is 23.2 Å². The summed E-state index contributed by atoms with van der Waals surface area (Å²) in [5.41, 5.74) is -0.0447. The second-order valence-corrected chi connectivity index (χ2v) is 7.10. The van der Waals surface area contributed by atoms with E-state index in [0.29, 0.717) is 11.5 Å². The largest absolute Gasteiger partial charge is 0.484 e. The maximum atomic E-state index is 12.7. The molecule has 4 bridgehead atoms. The summed E-state index contributed by atoms with van der Waals surface area (Å²) in [6, 6.07) is 3.70. The van der Waals surface area contributed by atoms with Crippen LogP contribution in [0.2, 0.25) is 0 Å². The number of ether oxygens (including phenoxy) is 1. The van der Waals surface area contributed by atoms with Crippen LogP contribution in [-0.2, 0) is 4.79 Å². The maximum Gasteiger partial charge on any atom is 0.176 e. The molecule has 4 aliphatic carbocycles. The van der Waals surface area contributed by atoms with Gasteiger partial charge in [-0.15, -0.1) is 0 Å². The number of nitrogens with zero attached hydrogens (tertiary/aromatic N) is 1. The quantitative estimate of drug-likeness (QED) is 0.844. The third-order valence-electron chi connectivity index (χ3n) is 5.63. The number of rotatable bonds is 4. The average molecular weight is 271 g/mol. The van der Waals surface area contributed by atoms with Crippen molar-refractivity contribution in [2.45, 2.75) is 38.5 Å². The Hall–Kier alpha value is -1.38. The lowest BCUT2D eigenvalue weighted by Gasteiger charge is -2.55. The number of carbonyl (C=O) groups excluding carboxylic acids is 1. The van der Waals surface area contributed by atoms with Gasteiger partial charge in [0.25, 0.3) is 0 Å². The zero-order chi connectivity index (χ0) is 13.6. The molecule has 1 aromatic heterocycles. The van der Waals surface area contributed by atoms with Crippen molar-refractivity contribution >= 4 is 5.78 Å². The number of aromatic nitrogens is 1. The summed E-state index contributed by atoms with van der Waals surface area (Å²) < 4.78 is 5.65. The minimum absolute atomic E-state index is 0.0447. The topological polar surface area (TPSA) is 39.2 Å². The van der Waals surface area contributed by atoms with Crippen LogP contribution in [0.1, 0.15) is 38.5 Å². The van der Waals surface area contributed by atoms with Crippen LogP contribution in [0.5, 0.6) is 5.75 Å². The van der Waals surface area contributed by atoms with E-state index in [1.165, 1.54) is 19.3 Å². The number of hydrogen-bond acceptors (Lipinski definition) is 3. The summed E-state index contributed by atoms with van der Waals surface area (Å²) >= 11 is 0. The average Bonchev–Trinajstić information content (AvgIpc) is 2.44. The lowest BCUT2D eigenvalue weighted by Crippen LogP contribution is -2.51. The number of pyridine rings is 1. The Morgan fingerprint density at radius 3 is 2.40 bits per heavy atom. The summed E-state index contributed by atoms with van der Waals surface area (Å²) in [6.07, 6.45) is 10.9. The van der Waals surface area contributed by atoms with Crippen LogP contribution in [-0.4, -0.2) is 17.4 Å². The van der Waals surface area contributed by atoms with E-state index in [1.54, 1.807) is 12.4 Å². The van der Waals surface area contributed by atoms with E-state index in [1.807, 2.05) is 12.1 Å². The first-order valence-corrected chi connectivity index (χ1v) is 7.80. The first-order valence-electron chi connectivity index (χ1n) is 7.80. The van der Waals surface area contributed by atoms with Crippen molar-refractivity contribution < 1.29 is 9.53 Å². The molecular formula is C17H21NO2. The van der Waals surface area contributed by atoms with Crippen LogP contribution in [0.3, 0.4) is 0 Å². The number of ketones is 1. The van der Waals surface area contributed by atoms with E-state index in [0.717, 1.165) is 37.0 Å². The number of hydrogen-bond donors (Lipinski definition) is 0. The second kappa shape index (κ2) is 4.57. The Bertz CT molecular complexity index is 476. The van der Waals surface area contributed by atoms with Crippen LogP contribution in [0.15, 0.2) is 24.5 Å². The fourth-order valence-corrected chi connectivity index (χ4v) is 5.19. The molecule has 0 unspecified atom stereocenters. The maximum absolute atomic E-state index is 12.7. The zero-order valence-electron chi connectivity index (χ0n) is 11.8. The van der Waals surface area contributed by atoms with Gasteiger partial charge in [-0.2, -0.15) is 0 Å². The summed E-state index contributed by atoms with van der Waals surface area (Å²) in [4.78, 5) is 16.7. The molecule has 4 aliphatic rings. The minimum Gasteiger partial charge on any atom is -0.484 e. The highest BCUT2D eigenvalue weighted by molar-refractivity contribution is 5.86. The van der Waals surface area contributed by atoms with Crippen molar-refractivity contribution in [1.82, 2.24) is 4.98 Å². The normalized spacial score (nSPS) is 37.9. The van der Waals surface area contributed by atoms with Gasteiger partial charge in [-0.05, 0) is 68.4 Å². The van der Waals surface area contributed by atoms with E-state index in [-0.39, 0.29) is 12.0 Å². The van der Waals surface area contributed by atoms with Gasteiger partial charge in [-0.1, -0.05) is 0 Å². The molecule has 5 rings (SSSR count). The van der Waals surface area contributed by atoms with Crippen molar-refractivity contribution in [2.75, 3.05) is 6.61 Å². The molecule has 0 atom stereocenters. The molecule has 0 amide bonds. The van der Waals surface area contributed by atoms with E-state index in [9.17, 15) is 4.79 Å². The molecule has 0 N–H and O–H groups in total. The van der Waals surface area contributed by atoms with Crippen LogP contribution >= 0.6 is 0 Å². The van der Waals surface area contributed by atoms with E-state index in [4.69, 9.17) is 4.74 Å². The smallest absolute Gasteiger partial charge is 0.176 e.